The van der Waals surface area contributed by atoms with E-state index in [1.807, 2.05) is 0 Å². The molecule has 0 heterocycles. The van der Waals surface area contributed by atoms with Crippen LogP contribution in [-0.4, -0.2) is 5.11 Å². The van der Waals surface area contributed by atoms with Crippen molar-refractivity contribution in [3.8, 4) is 0 Å². The number of halogens is 4. The Bertz CT molecular complexity index is 566. The standard InChI is InChI=1S/C13H8ClF3O/c14-8-3-7(4-10(16)5-8)13(18)11-6-9(15)1-2-12(11)17/h1-6,13,18H. The highest BCUT2D eigenvalue weighted by molar-refractivity contribution is 6.30. The van der Waals surface area contributed by atoms with Crippen LogP contribution in [0.3, 0.4) is 0 Å². The second-order valence-electron chi connectivity index (χ2n) is 3.77. The minimum atomic E-state index is -1.48. The Morgan fingerprint density at radius 2 is 1.67 bits per heavy atom. The number of aliphatic hydroxyl groups excluding tert-OH is 1. The average Bonchev–Trinajstić information content (AvgIpc) is 2.30. The van der Waals surface area contributed by atoms with Gasteiger partial charge in [0.15, 0.2) is 0 Å². The molecule has 18 heavy (non-hydrogen) atoms. The average molecular weight is 273 g/mol. The van der Waals surface area contributed by atoms with Gasteiger partial charge < -0.3 is 5.11 Å². The van der Waals surface area contributed by atoms with Crippen molar-refractivity contribution < 1.29 is 18.3 Å². The summed E-state index contributed by atoms with van der Waals surface area (Å²) < 4.78 is 39.6. The molecule has 0 saturated carbocycles. The maximum absolute atomic E-state index is 13.5. The molecule has 1 nitrogen and oxygen atoms in total. The smallest absolute Gasteiger partial charge is 0.129 e. The molecule has 2 aromatic rings. The lowest BCUT2D eigenvalue weighted by molar-refractivity contribution is 0.214. The first-order valence-corrected chi connectivity index (χ1v) is 5.44. The largest absolute Gasteiger partial charge is 0.384 e. The first-order chi connectivity index (χ1) is 8.47. The van der Waals surface area contributed by atoms with E-state index in [4.69, 9.17) is 11.6 Å². The lowest BCUT2D eigenvalue weighted by atomic mass is 10.0. The Balaban J connectivity index is 2.47. The highest BCUT2D eigenvalue weighted by atomic mass is 35.5. The lowest BCUT2D eigenvalue weighted by Crippen LogP contribution is -2.03. The number of aliphatic hydroxyl groups is 1. The zero-order valence-electron chi connectivity index (χ0n) is 9.00. The fraction of sp³-hybridized carbons (Fsp3) is 0.0769. The maximum atomic E-state index is 13.5. The highest BCUT2D eigenvalue weighted by Crippen LogP contribution is 2.27. The molecular formula is C13H8ClF3O. The summed E-state index contributed by atoms with van der Waals surface area (Å²) in [5.74, 6) is -2.12. The van der Waals surface area contributed by atoms with Gasteiger partial charge in [-0.25, -0.2) is 13.2 Å². The second-order valence-corrected chi connectivity index (χ2v) is 4.21. The molecule has 5 heteroatoms. The zero-order valence-corrected chi connectivity index (χ0v) is 9.76. The van der Waals surface area contributed by atoms with Gasteiger partial charge in [-0.15, -0.1) is 0 Å². The normalized spacial score (nSPS) is 12.5. The summed E-state index contributed by atoms with van der Waals surface area (Å²) in [5.41, 5.74) is -0.207. The van der Waals surface area contributed by atoms with Gasteiger partial charge >= 0.3 is 0 Å². The van der Waals surface area contributed by atoms with E-state index < -0.39 is 23.6 Å². The molecule has 1 unspecified atom stereocenters. The minimum Gasteiger partial charge on any atom is -0.384 e. The Morgan fingerprint density at radius 3 is 2.33 bits per heavy atom. The van der Waals surface area contributed by atoms with Gasteiger partial charge in [0.1, 0.15) is 23.6 Å². The van der Waals surface area contributed by atoms with Crippen LogP contribution in [0.25, 0.3) is 0 Å². The quantitative estimate of drug-likeness (QED) is 0.881. The summed E-state index contributed by atoms with van der Waals surface area (Å²) in [6, 6.07) is 6.05. The van der Waals surface area contributed by atoms with Gasteiger partial charge in [-0.3, -0.25) is 0 Å². The molecule has 0 aliphatic heterocycles. The van der Waals surface area contributed by atoms with Crippen LogP contribution in [-0.2, 0) is 0 Å². The Morgan fingerprint density at radius 1 is 0.944 bits per heavy atom. The third-order valence-electron chi connectivity index (χ3n) is 2.45. The molecule has 1 N–H and O–H groups in total. The SMILES string of the molecule is OC(c1cc(F)cc(Cl)c1)c1cc(F)ccc1F. The third-order valence-corrected chi connectivity index (χ3v) is 2.67. The molecule has 0 aliphatic carbocycles. The molecule has 0 aromatic heterocycles. The molecule has 0 aliphatic rings. The van der Waals surface area contributed by atoms with Crippen LogP contribution < -0.4 is 0 Å². The number of hydrogen-bond donors (Lipinski definition) is 1. The van der Waals surface area contributed by atoms with Crippen LogP contribution in [0.4, 0.5) is 13.2 Å². The van der Waals surface area contributed by atoms with Crippen LogP contribution in [0.15, 0.2) is 36.4 Å². The fourth-order valence-electron chi connectivity index (χ4n) is 1.64. The van der Waals surface area contributed by atoms with Crippen molar-refractivity contribution in [2.45, 2.75) is 6.10 Å². The Kier molecular flexibility index (Phi) is 3.59. The maximum Gasteiger partial charge on any atom is 0.129 e. The van der Waals surface area contributed by atoms with E-state index in [2.05, 4.69) is 0 Å². The van der Waals surface area contributed by atoms with Crippen LogP contribution in [0.1, 0.15) is 17.2 Å². The summed E-state index contributed by atoms with van der Waals surface area (Å²) in [4.78, 5) is 0. The molecule has 2 aromatic carbocycles. The van der Waals surface area contributed by atoms with Crippen LogP contribution in [0.2, 0.25) is 5.02 Å². The summed E-state index contributed by atoms with van der Waals surface area (Å²) in [7, 11) is 0. The predicted octanol–water partition coefficient (Wildman–Crippen LogP) is 3.84. The minimum absolute atomic E-state index is 0.0597. The van der Waals surface area contributed by atoms with Crippen molar-refractivity contribution in [3.05, 3.63) is 70.0 Å². The first kappa shape index (κ1) is 12.9. The van der Waals surface area contributed by atoms with Gasteiger partial charge in [0, 0.05) is 10.6 Å². The zero-order chi connectivity index (χ0) is 13.3. The molecule has 1 atom stereocenters. The molecule has 0 spiro atoms. The van der Waals surface area contributed by atoms with Crippen molar-refractivity contribution in [2.24, 2.45) is 0 Å². The van der Waals surface area contributed by atoms with Gasteiger partial charge in [0.2, 0.25) is 0 Å². The van der Waals surface area contributed by atoms with Gasteiger partial charge in [0.25, 0.3) is 0 Å². The van der Waals surface area contributed by atoms with Crippen molar-refractivity contribution in [1.29, 1.82) is 0 Å². The van der Waals surface area contributed by atoms with E-state index >= 15 is 0 Å². The van der Waals surface area contributed by atoms with Crippen LogP contribution in [0.5, 0.6) is 0 Å². The summed E-state index contributed by atoms with van der Waals surface area (Å²) in [5, 5.41) is 9.98. The summed E-state index contributed by atoms with van der Waals surface area (Å²) in [6.07, 6.45) is -1.48. The lowest BCUT2D eigenvalue weighted by Gasteiger charge is -2.13. The number of rotatable bonds is 2. The molecule has 0 saturated heterocycles. The van der Waals surface area contributed by atoms with Gasteiger partial charge in [-0.2, -0.15) is 0 Å². The number of benzene rings is 2. The third kappa shape index (κ3) is 2.66. The Hall–Kier alpha value is -1.52. The van der Waals surface area contributed by atoms with Crippen molar-refractivity contribution >= 4 is 11.6 Å². The predicted molar refractivity (Wildman–Crippen MR) is 61.8 cm³/mol. The molecule has 94 valence electrons. The van der Waals surface area contributed by atoms with Crippen LogP contribution >= 0.6 is 11.6 Å². The molecule has 0 amide bonds. The summed E-state index contributed by atoms with van der Waals surface area (Å²) in [6.45, 7) is 0. The van der Waals surface area contributed by atoms with Crippen molar-refractivity contribution in [1.82, 2.24) is 0 Å². The van der Waals surface area contributed by atoms with E-state index in [1.165, 1.54) is 6.07 Å². The van der Waals surface area contributed by atoms with E-state index in [-0.39, 0.29) is 16.1 Å². The van der Waals surface area contributed by atoms with Crippen molar-refractivity contribution in [3.63, 3.8) is 0 Å². The monoisotopic (exact) mass is 272 g/mol. The van der Waals surface area contributed by atoms with Gasteiger partial charge in [-0.1, -0.05) is 11.6 Å². The number of hydrogen-bond acceptors (Lipinski definition) is 1. The molecule has 2 rings (SSSR count). The van der Waals surface area contributed by atoms with E-state index in [0.717, 1.165) is 30.3 Å². The van der Waals surface area contributed by atoms with Crippen LogP contribution in [0, 0.1) is 17.5 Å². The molecule has 0 radical (unpaired) electrons. The molecule has 0 fully saturated rings. The van der Waals surface area contributed by atoms with Crippen molar-refractivity contribution in [2.75, 3.05) is 0 Å². The topological polar surface area (TPSA) is 20.2 Å². The van der Waals surface area contributed by atoms with E-state index in [0.29, 0.717) is 0 Å². The van der Waals surface area contributed by atoms with E-state index in [1.54, 1.807) is 0 Å². The highest BCUT2D eigenvalue weighted by Gasteiger charge is 2.17. The first-order valence-electron chi connectivity index (χ1n) is 5.06. The second kappa shape index (κ2) is 5.00. The summed E-state index contributed by atoms with van der Waals surface area (Å²) >= 11 is 5.63. The van der Waals surface area contributed by atoms with E-state index in [9.17, 15) is 18.3 Å². The molecular weight excluding hydrogens is 265 g/mol. The van der Waals surface area contributed by atoms with Gasteiger partial charge in [0.05, 0.1) is 0 Å². The Labute approximate surface area is 106 Å². The van der Waals surface area contributed by atoms with Gasteiger partial charge in [-0.05, 0) is 42.0 Å². The fourth-order valence-corrected chi connectivity index (χ4v) is 1.87. The molecule has 0 bridgehead atoms.